The van der Waals surface area contributed by atoms with E-state index in [1.54, 1.807) is 7.11 Å². The zero-order valence-corrected chi connectivity index (χ0v) is 11.3. The minimum atomic E-state index is -0.309. The first-order valence-corrected chi connectivity index (χ1v) is 6.55. The molecular formula is C12H20N4O3. The predicted molar refractivity (Wildman–Crippen MR) is 67.6 cm³/mol. The molecule has 1 amide bonds. The maximum absolute atomic E-state index is 11.8. The van der Waals surface area contributed by atoms with Gasteiger partial charge in [-0.2, -0.15) is 4.98 Å². The molecule has 0 bridgehead atoms. The van der Waals surface area contributed by atoms with Crippen LogP contribution in [0.3, 0.4) is 0 Å². The minimum Gasteiger partial charge on any atom is -0.384 e. The average molecular weight is 268 g/mol. The summed E-state index contributed by atoms with van der Waals surface area (Å²) in [6, 6.07) is 0.0847. The van der Waals surface area contributed by atoms with Crippen LogP contribution in [0.4, 0.5) is 0 Å². The van der Waals surface area contributed by atoms with Gasteiger partial charge in [0.1, 0.15) is 0 Å². The molecule has 0 radical (unpaired) electrons. The number of hydrogen-bond donors (Lipinski definition) is 2. The van der Waals surface area contributed by atoms with Crippen molar-refractivity contribution in [1.29, 1.82) is 0 Å². The van der Waals surface area contributed by atoms with E-state index in [0.29, 0.717) is 19.0 Å². The zero-order chi connectivity index (χ0) is 13.7. The quantitative estimate of drug-likeness (QED) is 0.781. The van der Waals surface area contributed by atoms with Crippen molar-refractivity contribution in [2.24, 2.45) is 5.92 Å². The molecule has 2 heterocycles. The maximum Gasteiger partial charge on any atom is 0.292 e. The number of hydrogen-bond acceptors (Lipinski definition) is 6. The largest absolute Gasteiger partial charge is 0.384 e. The van der Waals surface area contributed by atoms with E-state index in [-0.39, 0.29) is 23.7 Å². The lowest BCUT2D eigenvalue weighted by Crippen LogP contribution is -2.30. The number of aromatic nitrogens is 2. The number of carbonyl (C=O) groups is 1. The van der Waals surface area contributed by atoms with Crippen molar-refractivity contribution in [3.8, 4) is 0 Å². The van der Waals surface area contributed by atoms with Crippen LogP contribution in [0, 0.1) is 5.92 Å². The van der Waals surface area contributed by atoms with Crippen LogP contribution in [0.15, 0.2) is 4.52 Å². The third-order valence-electron chi connectivity index (χ3n) is 3.07. The van der Waals surface area contributed by atoms with Gasteiger partial charge in [0.05, 0.1) is 12.6 Å². The highest BCUT2D eigenvalue weighted by Gasteiger charge is 2.24. The number of methoxy groups -OCH3 is 1. The van der Waals surface area contributed by atoms with Crippen molar-refractivity contribution in [3.63, 3.8) is 0 Å². The van der Waals surface area contributed by atoms with Gasteiger partial charge < -0.3 is 19.9 Å². The molecule has 1 aromatic heterocycles. The second-order valence-corrected chi connectivity index (χ2v) is 4.88. The fraction of sp³-hybridized carbons (Fsp3) is 0.750. The van der Waals surface area contributed by atoms with E-state index in [0.717, 1.165) is 19.4 Å². The third-order valence-corrected chi connectivity index (χ3v) is 3.07. The molecule has 1 aliphatic heterocycles. The van der Waals surface area contributed by atoms with Crippen LogP contribution in [-0.4, -0.2) is 42.9 Å². The molecule has 0 spiro atoms. The number of ether oxygens (including phenoxy) is 1. The van der Waals surface area contributed by atoms with Gasteiger partial charge in [0.15, 0.2) is 0 Å². The topological polar surface area (TPSA) is 89.3 Å². The molecule has 0 aliphatic carbocycles. The van der Waals surface area contributed by atoms with E-state index in [9.17, 15) is 4.79 Å². The smallest absolute Gasteiger partial charge is 0.292 e. The minimum absolute atomic E-state index is 0.0847. The van der Waals surface area contributed by atoms with Gasteiger partial charge in [0.2, 0.25) is 5.89 Å². The van der Waals surface area contributed by atoms with E-state index in [4.69, 9.17) is 9.26 Å². The van der Waals surface area contributed by atoms with E-state index in [2.05, 4.69) is 20.8 Å². The van der Waals surface area contributed by atoms with Gasteiger partial charge in [-0.15, -0.1) is 0 Å². The summed E-state index contributed by atoms with van der Waals surface area (Å²) in [7, 11) is 1.64. The lowest BCUT2D eigenvalue weighted by molar-refractivity contribution is 0.0921. The molecule has 19 heavy (non-hydrogen) atoms. The van der Waals surface area contributed by atoms with E-state index >= 15 is 0 Å². The number of rotatable bonds is 6. The summed E-state index contributed by atoms with van der Waals surface area (Å²) in [5.41, 5.74) is 0. The molecule has 1 fully saturated rings. The zero-order valence-electron chi connectivity index (χ0n) is 11.3. The van der Waals surface area contributed by atoms with Crippen molar-refractivity contribution in [1.82, 2.24) is 20.8 Å². The summed E-state index contributed by atoms with van der Waals surface area (Å²) in [4.78, 5) is 16.0. The fourth-order valence-electron chi connectivity index (χ4n) is 2.05. The Balaban J connectivity index is 1.85. The molecule has 106 valence electrons. The Morgan fingerprint density at radius 2 is 2.53 bits per heavy atom. The second kappa shape index (κ2) is 6.63. The van der Waals surface area contributed by atoms with Crippen LogP contribution in [0.5, 0.6) is 0 Å². The third kappa shape index (κ3) is 3.74. The van der Waals surface area contributed by atoms with Gasteiger partial charge >= 0.3 is 0 Å². The summed E-state index contributed by atoms with van der Waals surface area (Å²) in [6.45, 7) is 4.07. The monoisotopic (exact) mass is 268 g/mol. The van der Waals surface area contributed by atoms with E-state index in [1.807, 2.05) is 6.92 Å². The van der Waals surface area contributed by atoms with Gasteiger partial charge in [-0.1, -0.05) is 12.1 Å². The highest BCUT2D eigenvalue weighted by atomic mass is 16.5. The lowest BCUT2D eigenvalue weighted by atomic mass is 10.2. The Hall–Kier alpha value is -1.47. The summed E-state index contributed by atoms with van der Waals surface area (Å²) in [5, 5.41) is 9.73. The molecule has 2 N–H and O–H groups in total. The molecule has 0 saturated carbocycles. The highest BCUT2D eigenvalue weighted by molar-refractivity contribution is 5.90. The van der Waals surface area contributed by atoms with Gasteiger partial charge in [-0.05, 0) is 25.3 Å². The summed E-state index contributed by atoms with van der Waals surface area (Å²) < 4.78 is 10.1. The first kappa shape index (κ1) is 14.0. The Kier molecular flexibility index (Phi) is 4.86. The molecule has 1 aliphatic rings. The van der Waals surface area contributed by atoms with Crippen LogP contribution in [0.2, 0.25) is 0 Å². The van der Waals surface area contributed by atoms with Crippen molar-refractivity contribution in [3.05, 3.63) is 11.7 Å². The normalized spacial score (nSPS) is 20.4. The van der Waals surface area contributed by atoms with Crippen LogP contribution in [0.1, 0.15) is 42.3 Å². The Labute approximate surface area is 112 Å². The van der Waals surface area contributed by atoms with Crippen LogP contribution in [0.25, 0.3) is 0 Å². The predicted octanol–water partition coefficient (Wildman–Crippen LogP) is 0.506. The van der Waals surface area contributed by atoms with E-state index < -0.39 is 0 Å². The molecule has 7 heteroatoms. The van der Waals surface area contributed by atoms with Crippen molar-refractivity contribution in [2.75, 3.05) is 26.8 Å². The van der Waals surface area contributed by atoms with Crippen LogP contribution >= 0.6 is 0 Å². The summed E-state index contributed by atoms with van der Waals surface area (Å²) in [6.07, 6.45) is 2.05. The standard InChI is InChI=1S/C12H20N4O3/c1-8(7-18-2)6-14-11(17)10-15-12(19-16-10)9-4-3-5-13-9/h8-9,13H,3-7H2,1-2H3,(H,14,17). The Morgan fingerprint density at radius 3 is 3.21 bits per heavy atom. The summed E-state index contributed by atoms with van der Waals surface area (Å²) in [5.74, 6) is 0.522. The molecule has 0 aromatic carbocycles. The Bertz CT molecular complexity index is 415. The van der Waals surface area contributed by atoms with Gasteiger partial charge in [-0.25, -0.2) is 0 Å². The molecule has 1 saturated heterocycles. The molecule has 2 rings (SSSR count). The first-order chi connectivity index (χ1) is 9.20. The molecule has 2 atom stereocenters. The van der Waals surface area contributed by atoms with Crippen molar-refractivity contribution in [2.45, 2.75) is 25.8 Å². The van der Waals surface area contributed by atoms with Gasteiger partial charge in [0.25, 0.3) is 11.7 Å². The fourth-order valence-corrected chi connectivity index (χ4v) is 2.05. The SMILES string of the molecule is COCC(C)CNC(=O)c1noc(C2CCCN2)n1. The Morgan fingerprint density at radius 1 is 1.68 bits per heavy atom. The van der Waals surface area contributed by atoms with Crippen molar-refractivity contribution >= 4 is 5.91 Å². The summed E-state index contributed by atoms with van der Waals surface area (Å²) >= 11 is 0. The average Bonchev–Trinajstić information content (AvgIpc) is 3.06. The first-order valence-electron chi connectivity index (χ1n) is 6.55. The van der Waals surface area contributed by atoms with Crippen LogP contribution < -0.4 is 10.6 Å². The molecular weight excluding hydrogens is 248 g/mol. The van der Waals surface area contributed by atoms with Gasteiger partial charge in [0, 0.05) is 13.7 Å². The second-order valence-electron chi connectivity index (χ2n) is 4.88. The molecule has 2 unspecified atom stereocenters. The number of carbonyl (C=O) groups excluding carboxylic acids is 1. The maximum atomic E-state index is 11.8. The number of nitrogens with zero attached hydrogens (tertiary/aromatic N) is 2. The van der Waals surface area contributed by atoms with Crippen molar-refractivity contribution < 1.29 is 14.1 Å². The number of nitrogens with one attached hydrogen (secondary N) is 2. The lowest BCUT2D eigenvalue weighted by Gasteiger charge is -2.09. The van der Waals surface area contributed by atoms with Gasteiger partial charge in [-0.3, -0.25) is 4.79 Å². The molecule has 7 nitrogen and oxygen atoms in total. The molecule has 1 aromatic rings. The number of amides is 1. The highest BCUT2D eigenvalue weighted by Crippen LogP contribution is 2.20. The van der Waals surface area contributed by atoms with E-state index in [1.165, 1.54) is 0 Å². The van der Waals surface area contributed by atoms with Crippen LogP contribution in [-0.2, 0) is 4.74 Å².